The molecule has 10 nitrogen and oxygen atoms in total. The summed E-state index contributed by atoms with van der Waals surface area (Å²) in [6.45, 7) is 3.19. The van der Waals surface area contributed by atoms with Crippen molar-refractivity contribution in [3.8, 4) is 17.2 Å². The molecule has 1 N–H and O–H groups in total. The number of anilines is 1. The van der Waals surface area contributed by atoms with Crippen LogP contribution in [0, 0.1) is 6.92 Å². The van der Waals surface area contributed by atoms with E-state index in [1.165, 1.54) is 37.3 Å². The number of nitrogens with zero attached hydrogens (tertiary/aromatic N) is 2. The Morgan fingerprint density at radius 1 is 0.911 bits per heavy atom. The van der Waals surface area contributed by atoms with Gasteiger partial charge in [0.05, 0.1) is 31.9 Å². The molecule has 0 spiro atoms. The molecule has 0 bridgehead atoms. The molecule has 0 aliphatic heterocycles. The molecule has 1 aliphatic carbocycles. The molecule has 4 rings (SSSR count). The molecule has 0 heterocycles. The fourth-order valence-electron chi connectivity index (χ4n) is 5.60. The van der Waals surface area contributed by atoms with Gasteiger partial charge in [0.1, 0.15) is 29.8 Å². The Kier molecular flexibility index (Phi) is 11.3. The lowest BCUT2D eigenvalue weighted by Crippen LogP contribution is -2.53. The lowest BCUT2D eigenvalue weighted by Gasteiger charge is -2.34. The van der Waals surface area contributed by atoms with Gasteiger partial charge in [0.15, 0.2) is 0 Å². The Morgan fingerprint density at radius 3 is 2.20 bits per heavy atom. The van der Waals surface area contributed by atoms with Gasteiger partial charge in [-0.1, -0.05) is 49.6 Å². The summed E-state index contributed by atoms with van der Waals surface area (Å²) >= 11 is 0. The van der Waals surface area contributed by atoms with Crippen LogP contribution in [0.5, 0.6) is 17.2 Å². The molecule has 1 aliphatic rings. The van der Waals surface area contributed by atoms with Crippen LogP contribution in [0.2, 0.25) is 0 Å². The topological polar surface area (TPSA) is 114 Å². The Balaban J connectivity index is 1.79. The van der Waals surface area contributed by atoms with E-state index in [0.717, 1.165) is 41.1 Å². The van der Waals surface area contributed by atoms with E-state index in [9.17, 15) is 18.0 Å². The summed E-state index contributed by atoms with van der Waals surface area (Å²) < 4.78 is 45.9. The number of sulfonamides is 1. The van der Waals surface area contributed by atoms with Crippen LogP contribution in [-0.4, -0.2) is 65.1 Å². The van der Waals surface area contributed by atoms with E-state index >= 15 is 0 Å². The van der Waals surface area contributed by atoms with Gasteiger partial charge in [0, 0.05) is 18.7 Å². The Morgan fingerprint density at radius 2 is 1.58 bits per heavy atom. The monoisotopic (exact) mass is 637 g/mol. The van der Waals surface area contributed by atoms with Gasteiger partial charge >= 0.3 is 0 Å². The van der Waals surface area contributed by atoms with E-state index in [0.29, 0.717) is 17.9 Å². The summed E-state index contributed by atoms with van der Waals surface area (Å²) in [5, 5.41) is 3.13. The van der Waals surface area contributed by atoms with Crippen LogP contribution >= 0.6 is 0 Å². The highest BCUT2D eigenvalue weighted by Gasteiger charge is 2.35. The molecular weight excluding hydrogens is 594 g/mol. The average Bonchev–Trinajstić information content (AvgIpc) is 3.56. The molecule has 45 heavy (non-hydrogen) atoms. The van der Waals surface area contributed by atoms with Crippen LogP contribution in [0.1, 0.15) is 50.2 Å². The number of rotatable bonds is 14. The first kappa shape index (κ1) is 33.6. The van der Waals surface area contributed by atoms with Crippen molar-refractivity contribution >= 4 is 27.5 Å². The summed E-state index contributed by atoms with van der Waals surface area (Å²) in [6, 6.07) is 17.6. The van der Waals surface area contributed by atoms with Crippen molar-refractivity contribution in [2.24, 2.45) is 0 Å². The van der Waals surface area contributed by atoms with Crippen LogP contribution in [0.25, 0.3) is 0 Å². The van der Waals surface area contributed by atoms with Crippen LogP contribution in [0.3, 0.4) is 0 Å². The molecule has 3 aromatic carbocycles. The predicted molar refractivity (Wildman–Crippen MR) is 173 cm³/mol. The second kappa shape index (κ2) is 15.2. The first-order valence-corrected chi connectivity index (χ1v) is 16.6. The maximum Gasteiger partial charge on any atom is 0.264 e. The van der Waals surface area contributed by atoms with Crippen molar-refractivity contribution in [1.29, 1.82) is 0 Å². The molecule has 1 saturated carbocycles. The molecule has 1 fully saturated rings. The normalized spacial score (nSPS) is 14.0. The number of hydrogen-bond donors (Lipinski definition) is 1. The highest BCUT2D eigenvalue weighted by Crippen LogP contribution is 2.36. The average molecular weight is 638 g/mol. The maximum absolute atomic E-state index is 14.5. The number of carbonyl (C=O) groups is 2. The minimum Gasteiger partial charge on any atom is -0.497 e. The Hall–Kier alpha value is -4.25. The lowest BCUT2D eigenvalue weighted by atomic mass is 10.1. The zero-order chi connectivity index (χ0) is 32.6. The lowest BCUT2D eigenvalue weighted by molar-refractivity contribution is -0.140. The van der Waals surface area contributed by atoms with E-state index in [1.54, 1.807) is 43.5 Å². The number of aryl methyl sites for hydroxylation is 1. The third-order valence-electron chi connectivity index (χ3n) is 8.12. The fourth-order valence-corrected chi connectivity index (χ4v) is 7.01. The van der Waals surface area contributed by atoms with Gasteiger partial charge in [-0.25, -0.2) is 8.42 Å². The molecule has 11 heteroatoms. The summed E-state index contributed by atoms with van der Waals surface area (Å²) in [6.07, 6.45) is 4.21. The molecule has 1 atom stereocenters. The molecule has 0 unspecified atom stereocenters. The van der Waals surface area contributed by atoms with Crippen LogP contribution in [0.4, 0.5) is 5.69 Å². The van der Waals surface area contributed by atoms with Gasteiger partial charge in [-0.3, -0.25) is 13.9 Å². The number of nitrogens with one attached hydrogen (secondary N) is 1. The van der Waals surface area contributed by atoms with Crippen LogP contribution in [0.15, 0.2) is 71.6 Å². The first-order valence-electron chi connectivity index (χ1n) is 15.2. The highest BCUT2D eigenvalue weighted by molar-refractivity contribution is 7.92. The third-order valence-corrected chi connectivity index (χ3v) is 9.89. The molecule has 0 saturated heterocycles. The number of amides is 2. The fraction of sp³-hybridized carbons (Fsp3) is 0.412. The second-order valence-electron chi connectivity index (χ2n) is 11.1. The molecule has 0 aromatic heterocycles. The third kappa shape index (κ3) is 8.08. The largest absolute Gasteiger partial charge is 0.497 e. The van der Waals surface area contributed by atoms with E-state index in [4.69, 9.17) is 14.2 Å². The van der Waals surface area contributed by atoms with Gasteiger partial charge < -0.3 is 24.4 Å². The van der Waals surface area contributed by atoms with Crippen molar-refractivity contribution in [3.63, 3.8) is 0 Å². The number of benzene rings is 3. The summed E-state index contributed by atoms with van der Waals surface area (Å²) in [4.78, 5) is 29.6. The molecule has 242 valence electrons. The van der Waals surface area contributed by atoms with Gasteiger partial charge in [0.2, 0.25) is 11.8 Å². The predicted octanol–water partition coefficient (Wildman–Crippen LogP) is 5.08. The van der Waals surface area contributed by atoms with Crippen LogP contribution in [-0.2, 0) is 26.2 Å². The smallest absolute Gasteiger partial charge is 0.264 e. The Labute approximate surface area is 266 Å². The SMILES string of the molecule is CC[C@@H](C(=O)NC1CCCC1)N(Cc1cccc(OC)c1)C(=O)CN(c1cc(OC)ccc1OC)S(=O)(=O)c1ccc(C)cc1. The number of ether oxygens (including phenoxy) is 3. The summed E-state index contributed by atoms with van der Waals surface area (Å²) in [5.41, 5.74) is 1.76. The number of hydrogen-bond acceptors (Lipinski definition) is 7. The summed E-state index contributed by atoms with van der Waals surface area (Å²) in [5.74, 6) is 0.426. The van der Waals surface area contributed by atoms with Crippen molar-refractivity contribution < 1.29 is 32.2 Å². The van der Waals surface area contributed by atoms with Gasteiger partial charge in [-0.05, 0) is 68.1 Å². The summed E-state index contributed by atoms with van der Waals surface area (Å²) in [7, 11) is 0.177. The standard InChI is InChI=1S/C34H43N3O7S/c1-6-30(34(39)35-26-11-7-8-12-26)36(22-25-10-9-13-27(20-25)42-3)33(38)23-37(31-21-28(43-4)16-19-32(31)44-5)45(40,41)29-17-14-24(2)15-18-29/h9-10,13-21,26,30H,6-8,11-12,22-23H2,1-5H3,(H,35,39)/t30-/m0/s1. The number of carbonyl (C=O) groups excluding carboxylic acids is 2. The van der Waals surface area contributed by atoms with Gasteiger partial charge in [0.25, 0.3) is 10.0 Å². The number of methoxy groups -OCH3 is 3. The van der Waals surface area contributed by atoms with Gasteiger partial charge in [-0.15, -0.1) is 0 Å². The van der Waals surface area contributed by atoms with Crippen molar-refractivity contribution in [1.82, 2.24) is 10.2 Å². The van der Waals surface area contributed by atoms with E-state index in [1.807, 2.05) is 26.0 Å². The Bertz CT molecular complexity index is 1570. The van der Waals surface area contributed by atoms with Crippen molar-refractivity contribution in [3.05, 3.63) is 77.9 Å². The van der Waals surface area contributed by atoms with Crippen molar-refractivity contribution in [2.75, 3.05) is 32.2 Å². The van der Waals surface area contributed by atoms with E-state index in [-0.39, 0.29) is 34.8 Å². The van der Waals surface area contributed by atoms with E-state index < -0.39 is 28.5 Å². The second-order valence-corrected chi connectivity index (χ2v) is 13.0. The highest BCUT2D eigenvalue weighted by atomic mass is 32.2. The zero-order valence-electron chi connectivity index (χ0n) is 26.6. The minimum absolute atomic E-state index is 0.0103. The first-order chi connectivity index (χ1) is 21.6. The molecule has 0 radical (unpaired) electrons. The molecule has 2 amide bonds. The van der Waals surface area contributed by atoms with Crippen LogP contribution < -0.4 is 23.8 Å². The van der Waals surface area contributed by atoms with Gasteiger partial charge in [-0.2, -0.15) is 0 Å². The zero-order valence-corrected chi connectivity index (χ0v) is 27.4. The maximum atomic E-state index is 14.5. The quantitative estimate of drug-likeness (QED) is 0.262. The van der Waals surface area contributed by atoms with Crippen molar-refractivity contribution in [2.45, 2.75) is 69.5 Å². The minimum atomic E-state index is -4.28. The molecule has 3 aromatic rings. The molecular formula is C34H43N3O7S. The van der Waals surface area contributed by atoms with E-state index in [2.05, 4.69) is 5.32 Å².